The highest BCUT2D eigenvalue weighted by atomic mass is 17.0. The molecule has 1 aromatic carbocycles. The van der Waals surface area contributed by atoms with Crippen molar-refractivity contribution in [1.82, 2.24) is 0 Å². The minimum absolute atomic E-state index is 0.00894. The molecule has 0 radical (unpaired) electrons. The number of nitrogens with two attached hydrogens (primary N) is 1. The molecule has 3 unspecified atom stereocenters. The zero-order chi connectivity index (χ0) is 28.8. The second kappa shape index (κ2) is 15.8. The molecule has 0 saturated carbocycles. The number of aromatic hydroxyl groups is 1. The highest BCUT2D eigenvalue weighted by molar-refractivity contribution is 6.02. The van der Waals surface area contributed by atoms with Crippen molar-refractivity contribution in [2.75, 3.05) is 19.0 Å². The standard InChI is InChI=1S/C21H30N4O13/c1-36-17-9-6-14(20(30)19(17)21(22)31)23-18(29)10-8-16(28)15(27)7-5-12(26)3-2-4-13(38-25(34)35)11-37-24(32)33/h6,9,13,15-16,27-28,30H,2-5,7-8,10-11H2,1H3,(H2,22,31)(H,23,29). The lowest BCUT2D eigenvalue weighted by atomic mass is 10.00. The highest BCUT2D eigenvalue weighted by Gasteiger charge is 2.22. The number of nitrogens with zero attached hydrogens (tertiary/aromatic N) is 2. The van der Waals surface area contributed by atoms with Crippen LogP contribution in [0.4, 0.5) is 5.69 Å². The average molecular weight is 546 g/mol. The topological polar surface area (TPSA) is 264 Å². The Bertz CT molecular complexity index is 1000. The molecule has 0 bridgehead atoms. The van der Waals surface area contributed by atoms with E-state index in [-0.39, 0.29) is 67.7 Å². The number of aliphatic hydroxyl groups is 2. The number of rotatable bonds is 19. The van der Waals surface area contributed by atoms with Crippen molar-refractivity contribution in [1.29, 1.82) is 0 Å². The summed E-state index contributed by atoms with van der Waals surface area (Å²) in [6, 6.07) is 2.61. The Hall–Kier alpha value is -4.25. The van der Waals surface area contributed by atoms with Crippen LogP contribution in [0.5, 0.6) is 11.5 Å². The molecule has 1 aromatic rings. The fraction of sp³-hybridized carbons (Fsp3) is 0.571. The van der Waals surface area contributed by atoms with E-state index in [1.807, 2.05) is 0 Å². The summed E-state index contributed by atoms with van der Waals surface area (Å²) < 4.78 is 4.94. The van der Waals surface area contributed by atoms with Crippen LogP contribution in [0.1, 0.15) is 55.3 Å². The van der Waals surface area contributed by atoms with Crippen LogP contribution in [0.25, 0.3) is 0 Å². The summed E-state index contributed by atoms with van der Waals surface area (Å²) in [5.41, 5.74) is 4.78. The smallest absolute Gasteiger partial charge is 0.294 e. The van der Waals surface area contributed by atoms with Crippen molar-refractivity contribution in [2.45, 2.75) is 63.3 Å². The van der Waals surface area contributed by atoms with Gasteiger partial charge in [0.05, 0.1) is 25.0 Å². The van der Waals surface area contributed by atoms with E-state index in [9.17, 15) is 49.9 Å². The maximum atomic E-state index is 12.2. The van der Waals surface area contributed by atoms with Gasteiger partial charge < -0.3 is 40.8 Å². The third-order valence-electron chi connectivity index (χ3n) is 5.29. The van der Waals surface area contributed by atoms with E-state index >= 15 is 0 Å². The number of phenols is 1. The number of hydrogen-bond donors (Lipinski definition) is 5. The largest absolute Gasteiger partial charge is 0.505 e. The summed E-state index contributed by atoms with van der Waals surface area (Å²) >= 11 is 0. The fourth-order valence-electron chi connectivity index (χ4n) is 3.35. The van der Waals surface area contributed by atoms with Crippen molar-refractivity contribution in [3.05, 3.63) is 37.9 Å². The number of benzene rings is 1. The fourth-order valence-corrected chi connectivity index (χ4v) is 3.35. The quantitative estimate of drug-likeness (QED) is 0.0885. The molecule has 0 aliphatic carbocycles. The van der Waals surface area contributed by atoms with Gasteiger partial charge in [-0.15, -0.1) is 20.2 Å². The van der Waals surface area contributed by atoms with E-state index in [2.05, 4.69) is 15.0 Å². The maximum absolute atomic E-state index is 12.2. The van der Waals surface area contributed by atoms with Gasteiger partial charge in [0.1, 0.15) is 29.8 Å². The van der Waals surface area contributed by atoms with Gasteiger partial charge in [0.2, 0.25) is 5.91 Å². The van der Waals surface area contributed by atoms with E-state index in [4.69, 9.17) is 10.5 Å². The molecule has 1 rings (SSSR count). The van der Waals surface area contributed by atoms with Crippen molar-refractivity contribution in [3.63, 3.8) is 0 Å². The molecule has 17 heteroatoms. The van der Waals surface area contributed by atoms with Crippen LogP contribution in [-0.2, 0) is 19.3 Å². The molecule has 0 aliphatic rings. The van der Waals surface area contributed by atoms with E-state index < -0.39 is 52.7 Å². The van der Waals surface area contributed by atoms with Gasteiger partial charge in [-0.2, -0.15) is 0 Å². The number of hydrogen-bond acceptors (Lipinski definition) is 13. The Morgan fingerprint density at radius 3 is 2.21 bits per heavy atom. The summed E-state index contributed by atoms with van der Waals surface area (Å²) in [6.07, 6.45) is -4.64. The lowest BCUT2D eigenvalue weighted by Crippen LogP contribution is -2.28. The SMILES string of the molecule is COc1ccc(NC(=O)CCC(O)C(O)CCC(=O)CCCC(CO[N+](=O)[O-])O[N+](=O)[O-])c(O)c1C(N)=O. The Balaban J connectivity index is 2.44. The number of carbonyl (C=O) groups excluding carboxylic acids is 3. The summed E-state index contributed by atoms with van der Waals surface area (Å²) in [5, 5.41) is 51.2. The van der Waals surface area contributed by atoms with Crippen molar-refractivity contribution < 1.29 is 54.3 Å². The van der Waals surface area contributed by atoms with Crippen LogP contribution in [0.3, 0.4) is 0 Å². The predicted octanol–water partition coefficient (Wildman–Crippen LogP) is 0.245. The van der Waals surface area contributed by atoms with Gasteiger partial charge in [-0.25, -0.2) is 0 Å². The van der Waals surface area contributed by atoms with Crippen LogP contribution < -0.4 is 15.8 Å². The summed E-state index contributed by atoms with van der Waals surface area (Å²) in [4.78, 5) is 64.7. The molecule has 38 heavy (non-hydrogen) atoms. The third kappa shape index (κ3) is 11.2. The number of amides is 2. The van der Waals surface area contributed by atoms with Crippen molar-refractivity contribution in [3.8, 4) is 11.5 Å². The first-order valence-electron chi connectivity index (χ1n) is 11.3. The Kier molecular flexibility index (Phi) is 13.2. The molecular formula is C21H30N4O13. The summed E-state index contributed by atoms with van der Waals surface area (Å²) in [7, 11) is 1.27. The molecule has 0 aliphatic heterocycles. The molecule has 17 nitrogen and oxygen atoms in total. The van der Waals surface area contributed by atoms with Crippen molar-refractivity contribution >= 4 is 23.3 Å². The average Bonchev–Trinajstić information content (AvgIpc) is 2.84. The number of aliphatic hydroxyl groups excluding tert-OH is 2. The van der Waals surface area contributed by atoms with Gasteiger partial charge in [0.25, 0.3) is 16.1 Å². The van der Waals surface area contributed by atoms with Gasteiger partial charge in [-0.1, -0.05) is 0 Å². The zero-order valence-corrected chi connectivity index (χ0v) is 20.4. The lowest BCUT2D eigenvalue weighted by molar-refractivity contribution is -0.790. The molecule has 0 fully saturated rings. The highest BCUT2D eigenvalue weighted by Crippen LogP contribution is 2.34. The van der Waals surface area contributed by atoms with Crippen LogP contribution in [0.15, 0.2) is 12.1 Å². The molecule has 2 amide bonds. The minimum Gasteiger partial charge on any atom is -0.505 e. The van der Waals surface area contributed by atoms with Gasteiger partial charge in [0.15, 0.2) is 5.75 Å². The third-order valence-corrected chi connectivity index (χ3v) is 5.29. The normalized spacial score (nSPS) is 13.0. The number of carbonyl (C=O) groups is 3. The number of primary amides is 1. The molecule has 0 saturated heterocycles. The number of Topliss-reactive ketones (excluding diaryl/α,β-unsaturated/α-hetero) is 1. The molecule has 3 atom stereocenters. The molecule has 6 N–H and O–H groups in total. The van der Waals surface area contributed by atoms with E-state index in [0.717, 1.165) is 0 Å². The van der Waals surface area contributed by atoms with Crippen LogP contribution in [0.2, 0.25) is 0 Å². The molecule has 212 valence electrons. The first-order valence-corrected chi connectivity index (χ1v) is 11.3. The number of methoxy groups -OCH3 is 1. The van der Waals surface area contributed by atoms with Crippen molar-refractivity contribution in [2.24, 2.45) is 5.73 Å². The first-order chi connectivity index (χ1) is 17.8. The monoisotopic (exact) mass is 546 g/mol. The van der Waals surface area contributed by atoms with E-state index in [0.29, 0.717) is 0 Å². The molecular weight excluding hydrogens is 516 g/mol. The second-order valence-electron chi connectivity index (χ2n) is 8.06. The predicted molar refractivity (Wildman–Crippen MR) is 126 cm³/mol. The molecule has 0 aromatic heterocycles. The lowest BCUT2D eigenvalue weighted by Gasteiger charge is -2.18. The molecule has 0 heterocycles. The summed E-state index contributed by atoms with van der Waals surface area (Å²) in [6.45, 7) is -0.676. The number of ether oxygens (including phenoxy) is 1. The number of anilines is 1. The first kappa shape index (κ1) is 31.8. The Morgan fingerprint density at radius 1 is 1.03 bits per heavy atom. The van der Waals surface area contributed by atoms with Gasteiger partial charge in [-0.05, 0) is 37.8 Å². The van der Waals surface area contributed by atoms with Crippen LogP contribution in [-0.4, -0.2) is 75.1 Å². The van der Waals surface area contributed by atoms with Crippen LogP contribution >= 0.6 is 0 Å². The van der Waals surface area contributed by atoms with E-state index in [1.54, 1.807) is 0 Å². The van der Waals surface area contributed by atoms with Crippen LogP contribution in [0, 0.1) is 20.2 Å². The summed E-state index contributed by atoms with van der Waals surface area (Å²) in [5.74, 6) is -2.53. The van der Waals surface area contributed by atoms with Gasteiger partial charge in [-0.3, -0.25) is 14.4 Å². The van der Waals surface area contributed by atoms with E-state index in [1.165, 1.54) is 19.2 Å². The second-order valence-corrected chi connectivity index (χ2v) is 8.06. The molecule has 0 spiro atoms. The number of nitrogens with one attached hydrogen (secondary N) is 1. The minimum atomic E-state index is -1.35. The Morgan fingerprint density at radius 2 is 1.66 bits per heavy atom. The zero-order valence-electron chi connectivity index (χ0n) is 20.4. The Labute approximate surface area is 215 Å². The van der Waals surface area contributed by atoms with Gasteiger partial charge >= 0.3 is 0 Å². The van der Waals surface area contributed by atoms with Gasteiger partial charge in [0, 0.05) is 19.3 Å². The number of ketones is 1. The maximum Gasteiger partial charge on any atom is 0.294 e.